The fraction of sp³-hybridized carbons (Fsp3) is 0.231. The molecule has 0 saturated heterocycles. The van der Waals surface area contributed by atoms with Gasteiger partial charge in [-0.2, -0.15) is 0 Å². The predicted molar refractivity (Wildman–Crippen MR) is 72.0 cm³/mol. The zero-order valence-electron chi connectivity index (χ0n) is 10.9. The Morgan fingerprint density at radius 1 is 1.35 bits per heavy atom. The van der Waals surface area contributed by atoms with Crippen molar-refractivity contribution in [3.63, 3.8) is 0 Å². The molecule has 1 amide bonds. The molecule has 0 aromatic heterocycles. The van der Waals surface area contributed by atoms with E-state index in [1.54, 1.807) is 6.92 Å². The van der Waals surface area contributed by atoms with Gasteiger partial charge in [0.2, 0.25) is 5.91 Å². The zero-order valence-corrected chi connectivity index (χ0v) is 10.9. The minimum Gasteiger partial charge on any atom is -0.480 e. The van der Waals surface area contributed by atoms with E-state index in [0.29, 0.717) is 5.56 Å². The molecule has 0 atom stereocenters. The standard InChI is InChI=1S/C13H14N2O5/c1-2-14(9-13(17)18)12(16)8-5-10-3-6-11(7-4-10)15(19)20/h3-8H,2,9H2,1H3,(H,17,18)/b8-5+. The molecule has 7 nitrogen and oxygen atoms in total. The van der Waals surface area contributed by atoms with Crippen LogP contribution in [0.5, 0.6) is 0 Å². The molecule has 0 aliphatic rings. The van der Waals surface area contributed by atoms with Crippen molar-refractivity contribution in [2.45, 2.75) is 6.92 Å². The summed E-state index contributed by atoms with van der Waals surface area (Å²) in [5, 5.41) is 19.1. The first kappa shape index (κ1) is 15.4. The minimum atomic E-state index is -1.08. The number of amides is 1. The summed E-state index contributed by atoms with van der Waals surface area (Å²) >= 11 is 0. The fourth-order valence-corrected chi connectivity index (χ4v) is 1.49. The van der Waals surface area contributed by atoms with Crippen LogP contribution in [0, 0.1) is 10.1 Å². The molecule has 0 unspecified atom stereocenters. The maximum atomic E-state index is 11.7. The largest absolute Gasteiger partial charge is 0.480 e. The molecule has 20 heavy (non-hydrogen) atoms. The lowest BCUT2D eigenvalue weighted by Crippen LogP contribution is -2.34. The number of nitro benzene ring substituents is 1. The lowest BCUT2D eigenvalue weighted by molar-refractivity contribution is -0.384. The van der Waals surface area contributed by atoms with Gasteiger partial charge in [0.1, 0.15) is 6.54 Å². The highest BCUT2D eigenvalue weighted by molar-refractivity contribution is 5.93. The van der Waals surface area contributed by atoms with Crippen molar-refractivity contribution in [2.75, 3.05) is 13.1 Å². The Morgan fingerprint density at radius 3 is 2.40 bits per heavy atom. The third-order valence-corrected chi connectivity index (χ3v) is 2.54. The molecule has 0 radical (unpaired) electrons. The van der Waals surface area contributed by atoms with Crippen LogP contribution in [0.2, 0.25) is 0 Å². The number of carbonyl (C=O) groups is 2. The van der Waals surface area contributed by atoms with Gasteiger partial charge in [0, 0.05) is 24.8 Å². The van der Waals surface area contributed by atoms with E-state index in [9.17, 15) is 19.7 Å². The van der Waals surface area contributed by atoms with Crippen molar-refractivity contribution < 1.29 is 19.6 Å². The number of hydrogen-bond donors (Lipinski definition) is 1. The molecule has 1 N–H and O–H groups in total. The molecule has 0 aliphatic carbocycles. The Balaban J connectivity index is 2.73. The summed E-state index contributed by atoms with van der Waals surface area (Å²) in [6.07, 6.45) is 2.73. The van der Waals surface area contributed by atoms with Gasteiger partial charge in [0.15, 0.2) is 0 Å². The Hall–Kier alpha value is -2.70. The number of nitro groups is 1. The number of hydrogen-bond acceptors (Lipinski definition) is 4. The molecule has 1 aromatic rings. The molecule has 7 heteroatoms. The molecule has 0 bridgehead atoms. The lowest BCUT2D eigenvalue weighted by atomic mass is 10.2. The maximum Gasteiger partial charge on any atom is 0.323 e. The van der Waals surface area contributed by atoms with Crippen LogP contribution in [0.1, 0.15) is 12.5 Å². The normalized spacial score (nSPS) is 10.4. The highest BCUT2D eigenvalue weighted by Crippen LogP contribution is 2.12. The number of carbonyl (C=O) groups excluding carboxylic acids is 1. The minimum absolute atomic E-state index is 0.0328. The summed E-state index contributed by atoms with van der Waals surface area (Å²) in [4.78, 5) is 33.4. The van der Waals surface area contributed by atoms with E-state index in [4.69, 9.17) is 5.11 Å². The Bertz CT molecular complexity index is 536. The smallest absolute Gasteiger partial charge is 0.323 e. The Labute approximate surface area is 115 Å². The Morgan fingerprint density at radius 2 is 1.95 bits per heavy atom. The summed E-state index contributed by atoms with van der Waals surface area (Å²) in [6.45, 7) is 1.61. The van der Waals surface area contributed by atoms with E-state index in [-0.39, 0.29) is 18.8 Å². The van der Waals surface area contributed by atoms with Gasteiger partial charge in [-0.15, -0.1) is 0 Å². The second kappa shape index (κ2) is 7.03. The second-order valence-corrected chi connectivity index (χ2v) is 3.93. The molecule has 1 aromatic carbocycles. The topological polar surface area (TPSA) is 101 Å². The van der Waals surface area contributed by atoms with Gasteiger partial charge in [-0.1, -0.05) is 0 Å². The number of carboxylic acid groups (broad SMARTS) is 1. The highest BCUT2D eigenvalue weighted by atomic mass is 16.6. The van der Waals surface area contributed by atoms with Crippen LogP contribution >= 0.6 is 0 Å². The first-order valence-corrected chi connectivity index (χ1v) is 5.87. The molecule has 0 fully saturated rings. The van der Waals surface area contributed by atoms with Gasteiger partial charge < -0.3 is 10.0 Å². The number of non-ortho nitro benzene ring substituents is 1. The van der Waals surface area contributed by atoms with Gasteiger partial charge in [-0.3, -0.25) is 19.7 Å². The molecule has 0 heterocycles. The third-order valence-electron chi connectivity index (χ3n) is 2.54. The molecule has 1 rings (SSSR count). The zero-order chi connectivity index (χ0) is 15.1. The molecular formula is C13H14N2O5. The van der Waals surface area contributed by atoms with Crippen molar-refractivity contribution in [1.82, 2.24) is 4.90 Å². The van der Waals surface area contributed by atoms with E-state index in [1.807, 2.05) is 0 Å². The van der Waals surface area contributed by atoms with Crippen LogP contribution < -0.4 is 0 Å². The number of benzene rings is 1. The van der Waals surface area contributed by atoms with Crippen LogP contribution in [-0.4, -0.2) is 39.9 Å². The molecule has 106 valence electrons. The number of carboxylic acids is 1. The van der Waals surface area contributed by atoms with Crippen molar-refractivity contribution in [2.24, 2.45) is 0 Å². The van der Waals surface area contributed by atoms with Crippen LogP contribution in [0.4, 0.5) is 5.69 Å². The second-order valence-electron chi connectivity index (χ2n) is 3.93. The molecule has 0 saturated carbocycles. The quantitative estimate of drug-likeness (QED) is 0.483. The van der Waals surface area contributed by atoms with Gasteiger partial charge >= 0.3 is 5.97 Å². The van der Waals surface area contributed by atoms with Crippen LogP contribution in [0.25, 0.3) is 6.08 Å². The highest BCUT2D eigenvalue weighted by Gasteiger charge is 2.11. The molecule has 0 spiro atoms. The van der Waals surface area contributed by atoms with Crippen molar-refractivity contribution >= 4 is 23.6 Å². The average molecular weight is 278 g/mol. The first-order valence-electron chi connectivity index (χ1n) is 5.87. The van der Waals surface area contributed by atoms with Crippen molar-refractivity contribution in [3.8, 4) is 0 Å². The number of nitrogens with zero attached hydrogens (tertiary/aromatic N) is 2. The number of rotatable bonds is 6. The SMILES string of the molecule is CCN(CC(=O)O)C(=O)/C=C/c1ccc([N+](=O)[O-])cc1. The monoisotopic (exact) mass is 278 g/mol. The van der Waals surface area contributed by atoms with Gasteiger partial charge in [-0.05, 0) is 30.7 Å². The molecular weight excluding hydrogens is 264 g/mol. The van der Waals surface area contributed by atoms with Crippen molar-refractivity contribution in [3.05, 3.63) is 46.0 Å². The average Bonchev–Trinajstić information content (AvgIpc) is 2.42. The van der Waals surface area contributed by atoms with E-state index < -0.39 is 16.8 Å². The van der Waals surface area contributed by atoms with Crippen LogP contribution in [-0.2, 0) is 9.59 Å². The summed E-state index contributed by atoms with van der Waals surface area (Å²) in [5.41, 5.74) is 0.588. The van der Waals surface area contributed by atoms with E-state index in [1.165, 1.54) is 41.3 Å². The van der Waals surface area contributed by atoms with Gasteiger partial charge in [0.25, 0.3) is 5.69 Å². The van der Waals surface area contributed by atoms with E-state index in [0.717, 1.165) is 0 Å². The fourth-order valence-electron chi connectivity index (χ4n) is 1.49. The number of aliphatic carboxylic acids is 1. The van der Waals surface area contributed by atoms with Gasteiger partial charge in [0.05, 0.1) is 4.92 Å². The predicted octanol–water partition coefficient (Wildman–Crippen LogP) is 1.54. The maximum absolute atomic E-state index is 11.7. The summed E-state index contributed by atoms with van der Waals surface area (Å²) in [5.74, 6) is -1.50. The summed E-state index contributed by atoms with van der Waals surface area (Å²) in [7, 11) is 0. The lowest BCUT2D eigenvalue weighted by Gasteiger charge is -2.15. The van der Waals surface area contributed by atoms with Crippen molar-refractivity contribution in [1.29, 1.82) is 0 Å². The first-order chi connectivity index (χ1) is 9.43. The van der Waals surface area contributed by atoms with Gasteiger partial charge in [-0.25, -0.2) is 0 Å². The summed E-state index contributed by atoms with van der Waals surface area (Å²) < 4.78 is 0. The van der Waals surface area contributed by atoms with E-state index >= 15 is 0 Å². The summed E-state index contributed by atoms with van der Waals surface area (Å²) in [6, 6.07) is 5.68. The number of likely N-dealkylation sites (N-methyl/N-ethyl adjacent to an activating group) is 1. The van der Waals surface area contributed by atoms with Crippen LogP contribution in [0.3, 0.4) is 0 Å². The molecule has 0 aliphatic heterocycles. The van der Waals surface area contributed by atoms with E-state index in [2.05, 4.69) is 0 Å². The van der Waals surface area contributed by atoms with Crippen LogP contribution in [0.15, 0.2) is 30.3 Å². The third kappa shape index (κ3) is 4.52. The Kier molecular flexibility index (Phi) is 5.40.